The third-order valence-electron chi connectivity index (χ3n) is 3.59. The van der Waals surface area contributed by atoms with Crippen LogP contribution in [0.5, 0.6) is 0 Å². The predicted molar refractivity (Wildman–Crippen MR) is 80.7 cm³/mol. The summed E-state index contributed by atoms with van der Waals surface area (Å²) in [6.45, 7) is 2.18. The lowest BCUT2D eigenvalue weighted by Crippen LogP contribution is -2.40. The largest absolute Gasteiger partial charge is 0.376 e. The van der Waals surface area contributed by atoms with Gasteiger partial charge in [0.2, 0.25) is 0 Å². The van der Waals surface area contributed by atoms with Crippen molar-refractivity contribution in [3.05, 3.63) is 29.8 Å². The first-order valence-electron chi connectivity index (χ1n) is 7.54. The van der Waals surface area contributed by atoms with E-state index in [0.29, 0.717) is 12.7 Å². The molecule has 0 saturated carbocycles. The van der Waals surface area contributed by atoms with Crippen LogP contribution in [0.3, 0.4) is 0 Å². The summed E-state index contributed by atoms with van der Waals surface area (Å²) in [7, 11) is -4.45. The first-order valence-corrected chi connectivity index (χ1v) is 9.03. The molecule has 0 bridgehead atoms. The molecule has 0 aromatic heterocycles. The van der Waals surface area contributed by atoms with Crippen LogP contribution in [0.1, 0.15) is 26.2 Å². The van der Waals surface area contributed by atoms with Gasteiger partial charge in [-0.3, -0.25) is 4.79 Å². The molecular formula is C15H19F2NO5S. The van der Waals surface area contributed by atoms with Gasteiger partial charge in [0, 0.05) is 12.7 Å². The van der Waals surface area contributed by atoms with Crippen molar-refractivity contribution < 1.29 is 31.5 Å². The predicted octanol–water partition coefficient (Wildman–Crippen LogP) is 1.74. The monoisotopic (exact) mass is 363 g/mol. The molecule has 1 aliphatic rings. The molecule has 24 heavy (non-hydrogen) atoms. The van der Waals surface area contributed by atoms with Gasteiger partial charge in [-0.15, -0.1) is 0 Å². The van der Waals surface area contributed by atoms with Gasteiger partial charge >= 0.3 is 0 Å². The molecule has 2 atom stereocenters. The Morgan fingerprint density at radius 3 is 2.79 bits per heavy atom. The van der Waals surface area contributed by atoms with Crippen molar-refractivity contribution in [1.29, 1.82) is 0 Å². The molecule has 0 radical (unpaired) electrons. The van der Waals surface area contributed by atoms with Gasteiger partial charge in [-0.2, -0.15) is 0 Å². The van der Waals surface area contributed by atoms with E-state index in [1.807, 2.05) is 0 Å². The van der Waals surface area contributed by atoms with Crippen LogP contribution in [0.4, 0.5) is 8.78 Å². The topological polar surface area (TPSA) is 81.7 Å². The van der Waals surface area contributed by atoms with Gasteiger partial charge in [0.05, 0.1) is 12.7 Å². The number of amides is 1. The van der Waals surface area contributed by atoms with Crippen molar-refractivity contribution in [3.8, 4) is 0 Å². The summed E-state index contributed by atoms with van der Waals surface area (Å²) in [4.78, 5) is 11.1. The summed E-state index contributed by atoms with van der Waals surface area (Å²) in [6, 6.07) is 1.98. The Morgan fingerprint density at radius 2 is 2.17 bits per heavy atom. The number of hydrogen-bond donors (Lipinski definition) is 1. The number of ether oxygens (including phenoxy) is 2. The highest BCUT2D eigenvalue weighted by Gasteiger charge is 2.26. The van der Waals surface area contributed by atoms with E-state index in [1.165, 1.54) is 6.92 Å². The first kappa shape index (κ1) is 18.8. The molecular weight excluding hydrogens is 344 g/mol. The Labute approximate surface area is 139 Å². The van der Waals surface area contributed by atoms with Gasteiger partial charge in [0.15, 0.2) is 0 Å². The quantitative estimate of drug-likeness (QED) is 0.833. The molecule has 1 saturated heterocycles. The normalized spacial score (nSPS) is 19.7. The standard InChI is InChI=1S/C15H19F2NO5S/c1-10(23-9-12-4-2-3-7-22-12)15(19)18-24(20,21)14-6-5-11(16)8-13(14)17/h5-6,8,10,12H,2-4,7,9H2,1H3,(H,18,19)/t10-,12+/m1/s1. The lowest BCUT2D eigenvalue weighted by molar-refractivity contribution is -0.133. The molecule has 2 rings (SSSR count). The van der Waals surface area contributed by atoms with E-state index < -0.39 is 38.6 Å². The fourth-order valence-electron chi connectivity index (χ4n) is 2.23. The molecule has 0 aliphatic carbocycles. The van der Waals surface area contributed by atoms with Crippen molar-refractivity contribution in [1.82, 2.24) is 4.72 Å². The molecule has 1 aromatic rings. The smallest absolute Gasteiger partial charge is 0.267 e. The Hall–Kier alpha value is -1.58. The number of benzene rings is 1. The zero-order valence-corrected chi connectivity index (χ0v) is 13.9. The summed E-state index contributed by atoms with van der Waals surface area (Å²) >= 11 is 0. The second kappa shape index (κ2) is 8.00. The number of sulfonamides is 1. The maximum Gasteiger partial charge on any atom is 0.267 e. The number of carbonyl (C=O) groups is 1. The van der Waals surface area contributed by atoms with Crippen LogP contribution in [-0.2, 0) is 24.3 Å². The minimum atomic E-state index is -4.45. The molecule has 1 aromatic carbocycles. The van der Waals surface area contributed by atoms with Gasteiger partial charge < -0.3 is 9.47 Å². The van der Waals surface area contributed by atoms with Crippen LogP contribution >= 0.6 is 0 Å². The van der Waals surface area contributed by atoms with Gasteiger partial charge in [-0.1, -0.05) is 0 Å². The summed E-state index contributed by atoms with van der Waals surface area (Å²) < 4.78 is 62.9. The summed E-state index contributed by atoms with van der Waals surface area (Å²) in [5, 5.41) is 0. The zero-order chi connectivity index (χ0) is 17.7. The van der Waals surface area contributed by atoms with E-state index in [0.717, 1.165) is 31.4 Å². The Bertz CT molecular complexity index is 689. The van der Waals surface area contributed by atoms with Gasteiger partial charge in [-0.25, -0.2) is 21.9 Å². The minimum absolute atomic E-state index is 0.125. The van der Waals surface area contributed by atoms with Crippen molar-refractivity contribution in [3.63, 3.8) is 0 Å². The number of halogens is 2. The van der Waals surface area contributed by atoms with Crippen molar-refractivity contribution in [2.75, 3.05) is 13.2 Å². The summed E-state index contributed by atoms with van der Waals surface area (Å²) in [5.74, 6) is -3.13. The van der Waals surface area contributed by atoms with E-state index in [-0.39, 0.29) is 12.7 Å². The fraction of sp³-hybridized carbons (Fsp3) is 0.533. The van der Waals surface area contributed by atoms with E-state index in [9.17, 15) is 22.0 Å². The van der Waals surface area contributed by atoms with Gasteiger partial charge in [0.25, 0.3) is 15.9 Å². The third-order valence-corrected chi connectivity index (χ3v) is 4.97. The maximum atomic E-state index is 13.6. The molecule has 9 heteroatoms. The molecule has 0 unspecified atom stereocenters. The molecule has 1 amide bonds. The Balaban J connectivity index is 1.94. The van der Waals surface area contributed by atoms with Crippen LogP contribution in [0, 0.1) is 11.6 Å². The maximum absolute atomic E-state index is 13.6. The van der Waals surface area contributed by atoms with E-state index in [2.05, 4.69) is 0 Å². The van der Waals surface area contributed by atoms with E-state index >= 15 is 0 Å². The van der Waals surface area contributed by atoms with Gasteiger partial charge in [-0.05, 0) is 38.3 Å². The third kappa shape index (κ3) is 4.96. The Morgan fingerprint density at radius 1 is 1.42 bits per heavy atom. The Kier molecular flexibility index (Phi) is 6.25. The van der Waals surface area contributed by atoms with Crippen LogP contribution < -0.4 is 4.72 Å². The molecule has 134 valence electrons. The molecule has 1 fully saturated rings. The second-order valence-corrected chi connectivity index (χ2v) is 7.16. The van der Waals surface area contributed by atoms with E-state index in [1.54, 1.807) is 4.72 Å². The SMILES string of the molecule is C[C@@H](OC[C@@H]1CCCCO1)C(=O)NS(=O)(=O)c1ccc(F)cc1F. The molecule has 1 N–H and O–H groups in total. The van der Waals surface area contributed by atoms with E-state index in [4.69, 9.17) is 9.47 Å². The average molecular weight is 363 g/mol. The minimum Gasteiger partial charge on any atom is -0.376 e. The average Bonchev–Trinajstić information content (AvgIpc) is 2.52. The van der Waals surface area contributed by atoms with Crippen molar-refractivity contribution in [2.45, 2.75) is 43.3 Å². The number of carbonyl (C=O) groups excluding carboxylic acids is 1. The summed E-state index contributed by atoms with van der Waals surface area (Å²) in [5.41, 5.74) is 0. The molecule has 0 spiro atoms. The zero-order valence-electron chi connectivity index (χ0n) is 13.1. The molecule has 6 nitrogen and oxygen atoms in total. The number of nitrogens with one attached hydrogen (secondary N) is 1. The second-order valence-electron chi connectivity index (χ2n) is 5.51. The summed E-state index contributed by atoms with van der Waals surface area (Å²) in [6.07, 6.45) is 1.61. The highest BCUT2D eigenvalue weighted by atomic mass is 32.2. The van der Waals surface area contributed by atoms with Crippen molar-refractivity contribution >= 4 is 15.9 Å². The molecule has 1 aliphatic heterocycles. The molecule has 1 heterocycles. The highest BCUT2D eigenvalue weighted by Crippen LogP contribution is 2.16. The lowest BCUT2D eigenvalue weighted by Gasteiger charge is -2.23. The van der Waals surface area contributed by atoms with Gasteiger partial charge in [0.1, 0.15) is 22.6 Å². The fourth-order valence-corrected chi connectivity index (χ4v) is 3.33. The lowest BCUT2D eigenvalue weighted by atomic mass is 10.1. The van der Waals surface area contributed by atoms with Crippen LogP contribution in [0.2, 0.25) is 0 Å². The first-order chi connectivity index (χ1) is 11.3. The van der Waals surface area contributed by atoms with Crippen molar-refractivity contribution in [2.24, 2.45) is 0 Å². The highest BCUT2D eigenvalue weighted by molar-refractivity contribution is 7.90. The number of hydrogen-bond acceptors (Lipinski definition) is 5. The number of rotatable bonds is 6. The van der Waals surface area contributed by atoms with Crippen LogP contribution in [0.15, 0.2) is 23.1 Å². The van der Waals surface area contributed by atoms with Crippen LogP contribution in [-0.4, -0.2) is 39.7 Å². The van der Waals surface area contributed by atoms with Crippen LogP contribution in [0.25, 0.3) is 0 Å².